The second-order valence-corrected chi connectivity index (χ2v) is 7.36. The normalized spacial score (nSPS) is 22.2. The minimum atomic E-state index is -0.178. The Morgan fingerprint density at radius 1 is 1.53 bits per heavy atom. The van der Waals surface area contributed by atoms with E-state index in [0.717, 1.165) is 12.2 Å². The third-order valence-electron chi connectivity index (χ3n) is 2.01. The van der Waals surface area contributed by atoms with Crippen LogP contribution >= 0.6 is 24.4 Å². The minimum absolute atomic E-state index is 0.0671. The quantitative estimate of drug-likeness (QED) is 0.766. The van der Waals surface area contributed by atoms with Gasteiger partial charge in [0.2, 0.25) is 0 Å². The van der Waals surface area contributed by atoms with Crippen molar-refractivity contribution in [3.63, 3.8) is 0 Å². The summed E-state index contributed by atoms with van der Waals surface area (Å²) in [4.78, 5) is 9.51. The van der Waals surface area contributed by atoms with Gasteiger partial charge in [-0.15, -0.1) is 11.8 Å². The predicted molar refractivity (Wildman–Crippen MR) is 88.2 cm³/mol. The van der Waals surface area contributed by atoms with Crippen LogP contribution in [0.3, 0.4) is 0 Å². The van der Waals surface area contributed by atoms with Crippen LogP contribution in [0, 0.1) is 0 Å². The lowest BCUT2D eigenvalue weighted by Crippen LogP contribution is -2.31. The van der Waals surface area contributed by atoms with Gasteiger partial charge in [0, 0.05) is 0 Å². The highest BCUT2D eigenvalue weighted by Gasteiger charge is 2.26. The molecule has 19 heavy (non-hydrogen) atoms. The molecule has 0 amide bonds. The number of hydrogen-bond donors (Lipinski definition) is 2. The zero-order valence-corrected chi connectivity index (χ0v) is 14.8. The molecule has 1 rings (SSSR count). The number of ether oxygens (including phenoxy) is 1. The molecule has 1 aliphatic rings. The maximum absolute atomic E-state index is 9.44. The maximum Gasteiger partial charge on any atom is 0.126 e. The van der Waals surface area contributed by atoms with E-state index in [4.69, 9.17) is 9.84 Å². The van der Waals surface area contributed by atoms with Crippen molar-refractivity contribution in [1.29, 1.82) is 0 Å². The van der Waals surface area contributed by atoms with Gasteiger partial charge in [-0.3, -0.25) is 0 Å². The van der Waals surface area contributed by atoms with Gasteiger partial charge in [-0.05, 0) is 65.9 Å². The van der Waals surface area contributed by atoms with E-state index in [1.54, 1.807) is 6.92 Å². The highest BCUT2D eigenvalue weighted by atomic mass is 32.2. The molecule has 116 valence electrons. The van der Waals surface area contributed by atoms with Crippen molar-refractivity contribution in [2.75, 3.05) is 11.5 Å². The van der Waals surface area contributed by atoms with Crippen LogP contribution < -0.4 is 0 Å². The van der Waals surface area contributed by atoms with Gasteiger partial charge in [0.15, 0.2) is 0 Å². The second-order valence-electron chi connectivity index (χ2n) is 5.23. The standard InChI is InChI=1S/C7H14OS.C4H10OS.C3H6O/c1-6-4-5-9-7(2,3)8-6;1-4(5)2-3-6;1-3(2)4/h6H,4-5H2,1-3H3;4-6H,2-3H2,1H3;1-2H3. The van der Waals surface area contributed by atoms with E-state index < -0.39 is 0 Å². The third-order valence-corrected chi connectivity index (χ3v) is 3.50. The number of thioether (sulfide) groups is 1. The first-order chi connectivity index (χ1) is 8.60. The van der Waals surface area contributed by atoms with Crippen molar-refractivity contribution >= 4 is 30.2 Å². The average Bonchev–Trinajstić information content (AvgIpc) is 2.14. The second kappa shape index (κ2) is 12.1. The van der Waals surface area contributed by atoms with E-state index in [1.165, 1.54) is 26.0 Å². The summed E-state index contributed by atoms with van der Waals surface area (Å²) in [6.45, 7) is 11.2. The van der Waals surface area contributed by atoms with E-state index >= 15 is 0 Å². The van der Waals surface area contributed by atoms with Crippen LogP contribution in [-0.4, -0.2) is 39.5 Å². The minimum Gasteiger partial charge on any atom is -0.393 e. The Morgan fingerprint density at radius 3 is 2.16 bits per heavy atom. The highest BCUT2D eigenvalue weighted by Crippen LogP contribution is 2.33. The SMILES string of the molecule is CC(C)=O.CC(O)CCS.CC1CCSC(C)(C)O1. The lowest BCUT2D eigenvalue weighted by atomic mass is 10.3. The molecular formula is C14H30O3S2. The topological polar surface area (TPSA) is 46.5 Å². The molecule has 1 fully saturated rings. The molecule has 0 saturated carbocycles. The largest absolute Gasteiger partial charge is 0.393 e. The molecule has 1 heterocycles. The zero-order chi connectivity index (χ0) is 15.5. The molecule has 1 aliphatic heterocycles. The lowest BCUT2D eigenvalue weighted by Gasteiger charge is -2.33. The molecule has 2 atom stereocenters. The van der Waals surface area contributed by atoms with Crippen molar-refractivity contribution in [2.24, 2.45) is 0 Å². The van der Waals surface area contributed by atoms with Crippen LogP contribution in [0.1, 0.15) is 54.4 Å². The Balaban J connectivity index is 0. The van der Waals surface area contributed by atoms with Crippen molar-refractivity contribution < 1.29 is 14.6 Å². The van der Waals surface area contributed by atoms with Crippen LogP contribution in [0.15, 0.2) is 0 Å². The summed E-state index contributed by atoms with van der Waals surface area (Å²) in [5.74, 6) is 2.19. The fourth-order valence-electron chi connectivity index (χ4n) is 1.23. The number of Topliss-reactive ketones (excluding diaryl/α,β-unsaturated/α-hetero) is 1. The Labute approximate surface area is 128 Å². The Morgan fingerprint density at radius 2 is 2.00 bits per heavy atom. The van der Waals surface area contributed by atoms with Gasteiger partial charge >= 0.3 is 0 Å². The third kappa shape index (κ3) is 20.8. The highest BCUT2D eigenvalue weighted by molar-refractivity contribution is 8.00. The fourth-order valence-corrected chi connectivity index (χ4v) is 2.78. The first-order valence-corrected chi connectivity index (χ1v) is 8.30. The average molecular weight is 311 g/mol. The number of aliphatic hydroxyl groups is 1. The molecule has 0 aromatic heterocycles. The number of carbonyl (C=O) groups is 1. The van der Waals surface area contributed by atoms with E-state index in [-0.39, 0.29) is 16.8 Å². The van der Waals surface area contributed by atoms with E-state index in [0.29, 0.717) is 6.10 Å². The van der Waals surface area contributed by atoms with Crippen LogP contribution in [0.5, 0.6) is 0 Å². The first kappa shape index (κ1) is 21.6. The van der Waals surface area contributed by atoms with Crippen LogP contribution in [0.2, 0.25) is 0 Å². The van der Waals surface area contributed by atoms with E-state index in [9.17, 15) is 4.79 Å². The molecule has 0 spiro atoms. The predicted octanol–water partition coefficient (Wildman–Crippen LogP) is 3.55. The molecule has 5 heteroatoms. The number of carbonyl (C=O) groups excluding carboxylic acids is 1. The molecule has 0 aliphatic carbocycles. The molecule has 0 aromatic carbocycles. The van der Waals surface area contributed by atoms with Crippen LogP contribution in [-0.2, 0) is 9.53 Å². The Bertz CT molecular complexity index is 227. The van der Waals surface area contributed by atoms with Gasteiger partial charge in [-0.1, -0.05) is 0 Å². The monoisotopic (exact) mass is 310 g/mol. The summed E-state index contributed by atoms with van der Waals surface area (Å²) in [5, 5.41) is 8.50. The smallest absolute Gasteiger partial charge is 0.126 e. The van der Waals surface area contributed by atoms with Gasteiger partial charge in [0.25, 0.3) is 0 Å². The summed E-state index contributed by atoms with van der Waals surface area (Å²) < 4.78 is 5.64. The van der Waals surface area contributed by atoms with Crippen LogP contribution in [0.4, 0.5) is 0 Å². The summed E-state index contributed by atoms with van der Waals surface area (Å²) in [7, 11) is 0. The maximum atomic E-state index is 9.44. The van der Waals surface area contributed by atoms with Gasteiger partial charge < -0.3 is 14.6 Å². The molecule has 0 bridgehead atoms. The fraction of sp³-hybridized carbons (Fsp3) is 0.929. The van der Waals surface area contributed by atoms with Gasteiger partial charge in [-0.25, -0.2) is 0 Å². The number of ketones is 1. The van der Waals surface area contributed by atoms with Crippen molar-refractivity contribution in [3.8, 4) is 0 Å². The van der Waals surface area contributed by atoms with Gasteiger partial charge in [-0.2, -0.15) is 12.6 Å². The van der Waals surface area contributed by atoms with Crippen molar-refractivity contribution in [2.45, 2.75) is 71.5 Å². The summed E-state index contributed by atoms with van der Waals surface area (Å²) in [5.41, 5.74) is 0. The zero-order valence-electron chi connectivity index (χ0n) is 13.1. The molecule has 0 aromatic rings. The van der Waals surface area contributed by atoms with Gasteiger partial charge in [0.1, 0.15) is 10.7 Å². The summed E-state index contributed by atoms with van der Waals surface area (Å²) >= 11 is 5.80. The molecule has 1 saturated heterocycles. The molecule has 0 radical (unpaired) electrons. The van der Waals surface area contributed by atoms with Gasteiger partial charge in [0.05, 0.1) is 12.2 Å². The number of aliphatic hydroxyl groups excluding tert-OH is 1. The lowest BCUT2D eigenvalue weighted by molar-refractivity contribution is -0.114. The number of thiol groups is 1. The molecule has 2 unspecified atom stereocenters. The molecular weight excluding hydrogens is 280 g/mol. The van der Waals surface area contributed by atoms with Crippen molar-refractivity contribution in [3.05, 3.63) is 0 Å². The Kier molecular flexibility index (Phi) is 13.7. The summed E-state index contributed by atoms with van der Waals surface area (Å²) in [6, 6.07) is 0. The van der Waals surface area contributed by atoms with Crippen LogP contribution in [0.25, 0.3) is 0 Å². The summed E-state index contributed by atoms with van der Waals surface area (Å²) in [6.07, 6.45) is 2.28. The number of hydrogen-bond acceptors (Lipinski definition) is 5. The van der Waals surface area contributed by atoms with E-state index in [1.807, 2.05) is 11.8 Å². The Hall–Kier alpha value is 0.290. The molecule has 1 N–H and O–H groups in total. The molecule has 3 nitrogen and oxygen atoms in total. The van der Waals surface area contributed by atoms with E-state index in [2.05, 4.69) is 33.4 Å². The number of rotatable bonds is 2. The first-order valence-electron chi connectivity index (χ1n) is 6.68. The van der Waals surface area contributed by atoms with Crippen molar-refractivity contribution in [1.82, 2.24) is 0 Å².